The highest BCUT2D eigenvalue weighted by atomic mass is 16.5. The third-order valence-corrected chi connectivity index (χ3v) is 17.4. The van der Waals surface area contributed by atoms with E-state index in [9.17, 15) is 14.7 Å². The number of rotatable bonds is 9. The maximum atomic E-state index is 13.7. The Hall–Kier alpha value is -3.15. The zero-order valence-corrected chi connectivity index (χ0v) is 35.8. The van der Waals surface area contributed by atoms with Crippen LogP contribution >= 0.6 is 0 Å². The first-order valence-electron chi connectivity index (χ1n) is 21.1. The Labute approximate surface area is 334 Å². The lowest BCUT2D eigenvalue weighted by atomic mass is 9.34. The van der Waals surface area contributed by atoms with Gasteiger partial charge in [0.25, 0.3) is 5.91 Å². The van der Waals surface area contributed by atoms with Crippen molar-refractivity contribution < 1.29 is 24.2 Å². The highest BCUT2D eigenvalue weighted by molar-refractivity contribution is 5.90. The molecule has 2 aromatic rings. The fourth-order valence-electron chi connectivity index (χ4n) is 12.9. The van der Waals surface area contributed by atoms with Crippen molar-refractivity contribution in [2.45, 2.75) is 132 Å². The summed E-state index contributed by atoms with van der Waals surface area (Å²) >= 11 is 0. The van der Waals surface area contributed by atoms with Crippen LogP contribution in [0.4, 0.5) is 0 Å². The number of nitrogens with zero attached hydrogens (tertiary/aromatic N) is 4. The number of aliphatic carboxylic acids is 1. The molecule has 0 aromatic carbocycles. The van der Waals surface area contributed by atoms with Crippen LogP contribution in [0.5, 0.6) is 0 Å². The molecule has 2 aromatic heterocycles. The summed E-state index contributed by atoms with van der Waals surface area (Å²) in [6.45, 7) is 26.2. The molecule has 0 unspecified atom stereocenters. The number of carbonyl (C=O) groups excluding carboxylic acids is 1. The first kappa shape index (κ1) is 41.0. The number of carboxylic acid groups (broad SMARTS) is 1. The molecule has 11 heteroatoms. The van der Waals surface area contributed by atoms with Crippen molar-refractivity contribution in [2.24, 2.45) is 73.5 Å². The van der Waals surface area contributed by atoms with E-state index in [1.54, 1.807) is 18.6 Å². The van der Waals surface area contributed by atoms with E-state index < -0.39 is 34.2 Å². The number of fused-ring (bicyclic) bond motifs is 3. The highest BCUT2D eigenvalue weighted by Crippen LogP contribution is 2.75. The van der Waals surface area contributed by atoms with Gasteiger partial charge in [-0.2, -0.15) is 5.10 Å². The second-order valence-electron chi connectivity index (χ2n) is 21.4. The molecule has 2 bridgehead atoms. The van der Waals surface area contributed by atoms with Gasteiger partial charge in [0.1, 0.15) is 12.0 Å². The third-order valence-electron chi connectivity index (χ3n) is 17.4. The maximum Gasteiger partial charge on any atom is 0.307 e. The van der Waals surface area contributed by atoms with Crippen molar-refractivity contribution >= 4 is 11.9 Å². The third kappa shape index (κ3) is 5.78. The number of hydrogen-bond donors (Lipinski definition) is 3. The highest BCUT2D eigenvalue weighted by Gasteiger charge is 2.73. The summed E-state index contributed by atoms with van der Waals surface area (Å²) < 4.78 is 16.2. The molecule has 1 saturated heterocycles. The largest absolute Gasteiger partial charge is 0.481 e. The van der Waals surface area contributed by atoms with Crippen molar-refractivity contribution in [1.29, 1.82) is 0 Å². The summed E-state index contributed by atoms with van der Waals surface area (Å²) in [6.07, 6.45) is 10.7. The van der Waals surface area contributed by atoms with Gasteiger partial charge in [0.2, 0.25) is 0 Å². The molecule has 3 saturated carbocycles. The van der Waals surface area contributed by atoms with E-state index in [1.165, 1.54) is 5.57 Å². The molecule has 4 aliphatic carbocycles. The maximum absolute atomic E-state index is 13.7. The number of primary amides is 1. The van der Waals surface area contributed by atoms with Crippen LogP contribution in [0.25, 0.3) is 11.4 Å². The van der Waals surface area contributed by atoms with Gasteiger partial charge in [-0.15, -0.1) is 0 Å². The number of carboxylic acids is 1. The Morgan fingerprint density at radius 3 is 2.36 bits per heavy atom. The van der Waals surface area contributed by atoms with Crippen LogP contribution in [0, 0.1) is 62.1 Å². The minimum absolute atomic E-state index is 0.168. The summed E-state index contributed by atoms with van der Waals surface area (Å²) in [7, 11) is 0. The molecule has 7 rings (SSSR count). The molecule has 5 N–H and O–H groups in total. The lowest BCUT2D eigenvalue weighted by Crippen LogP contribution is -2.70. The summed E-state index contributed by atoms with van der Waals surface area (Å²) in [5.74, 6) is 0.0260. The van der Waals surface area contributed by atoms with Gasteiger partial charge in [-0.1, -0.05) is 80.9 Å². The van der Waals surface area contributed by atoms with Crippen LogP contribution in [0.15, 0.2) is 36.3 Å². The molecule has 3 heterocycles. The Kier molecular flexibility index (Phi) is 9.85. The molecule has 1 aliphatic heterocycles. The minimum Gasteiger partial charge on any atom is -0.481 e. The van der Waals surface area contributed by atoms with E-state index in [4.69, 9.17) is 31.0 Å². The second-order valence-corrected chi connectivity index (χ2v) is 21.4. The van der Waals surface area contributed by atoms with Gasteiger partial charge in [0.05, 0.1) is 37.9 Å². The fraction of sp³-hybridized carbons (Fsp3) is 0.756. The minimum atomic E-state index is -0.661. The number of allylic oxidation sites excluding steroid dienone is 1. The van der Waals surface area contributed by atoms with E-state index in [0.717, 1.165) is 37.7 Å². The van der Waals surface area contributed by atoms with Crippen molar-refractivity contribution in [3.63, 3.8) is 0 Å². The van der Waals surface area contributed by atoms with Crippen LogP contribution in [-0.4, -0.2) is 68.2 Å². The van der Waals surface area contributed by atoms with E-state index in [0.29, 0.717) is 38.0 Å². The topological polar surface area (TPSA) is 168 Å². The average Bonchev–Trinajstić information content (AvgIpc) is 3.60. The van der Waals surface area contributed by atoms with Crippen molar-refractivity contribution in [3.05, 3.63) is 42.0 Å². The molecule has 5 aliphatic rings. The van der Waals surface area contributed by atoms with Gasteiger partial charge in [0.15, 0.2) is 5.82 Å². The molecular weight excluding hydrogens is 705 g/mol. The van der Waals surface area contributed by atoms with Crippen LogP contribution < -0.4 is 11.5 Å². The van der Waals surface area contributed by atoms with Gasteiger partial charge in [-0.05, 0) is 108 Å². The van der Waals surface area contributed by atoms with Crippen molar-refractivity contribution in [3.8, 4) is 11.4 Å². The zero-order valence-electron chi connectivity index (χ0n) is 35.8. The number of ether oxygens (including phenoxy) is 2. The van der Waals surface area contributed by atoms with E-state index in [2.05, 4.69) is 87.2 Å². The molecule has 12 atom stereocenters. The Bertz CT molecular complexity index is 1880. The van der Waals surface area contributed by atoms with Crippen molar-refractivity contribution in [2.75, 3.05) is 19.8 Å². The fourth-order valence-corrected chi connectivity index (χ4v) is 12.9. The average molecular weight is 773 g/mol. The molecule has 0 radical (unpaired) electrons. The molecule has 4 fully saturated rings. The van der Waals surface area contributed by atoms with Crippen LogP contribution in [-0.2, 0) is 14.3 Å². The normalized spacial score (nSPS) is 39.7. The van der Waals surface area contributed by atoms with Gasteiger partial charge >= 0.3 is 5.97 Å². The van der Waals surface area contributed by atoms with Gasteiger partial charge in [0, 0.05) is 22.7 Å². The van der Waals surface area contributed by atoms with Gasteiger partial charge in [-0.3, -0.25) is 14.6 Å². The molecule has 1 amide bonds. The molecule has 308 valence electrons. The lowest BCUT2D eigenvalue weighted by molar-refractivity contribution is -0.255. The standard InChI is InChI=1S/C45H68N6O5/c1-26(2)27(3)41(8)18-19-42(9)29-13-15-33-40(7)20-32(51-37(49-25-50-51)28-12-14-31(36(46)52)48-21-28)35(56-23-44(11,47)39(4,5)6)45(33,24-55-22-40)30(29)16-17-43(42,10)34(41)38(53)54/h12,14,16,21,25-27,29,32-35H,13,15,17-20,22-24,47H2,1-11H3,(H2,46,52)(H,53,54)/t27-,29+,32-,33-,34-,35+,40-,41-,42-,43+,44+,45+/m1/s1. The number of nitrogens with two attached hydrogens (primary N) is 2. The number of pyridine rings is 1. The summed E-state index contributed by atoms with van der Waals surface area (Å²) in [4.78, 5) is 34.7. The SMILES string of the molecule is CC(C)[C@@H](C)[C@@]1(C)CC[C@]2(C)[C@H]3CC[C@@H]4[C@@]5(C)COC[C@@]4(C3=CC[C@@]2(C)[C@@H]1C(=O)O)[C@@H](OC[C@](C)(N)C(C)(C)C)[C@H](n1ncnc1-c1ccc(C(N)=O)nc1)C5. The first-order valence-corrected chi connectivity index (χ1v) is 21.1. The van der Waals surface area contributed by atoms with E-state index >= 15 is 0 Å². The molecular formula is C45H68N6O5. The number of hydrogen-bond acceptors (Lipinski definition) is 8. The summed E-state index contributed by atoms with van der Waals surface area (Å²) in [5, 5.41) is 16.2. The van der Waals surface area contributed by atoms with E-state index in [-0.39, 0.29) is 57.3 Å². The molecule has 56 heavy (non-hydrogen) atoms. The molecule has 0 spiro atoms. The monoisotopic (exact) mass is 773 g/mol. The number of amides is 1. The lowest BCUT2D eigenvalue weighted by Gasteiger charge is -2.71. The zero-order chi connectivity index (χ0) is 41.0. The predicted molar refractivity (Wildman–Crippen MR) is 216 cm³/mol. The van der Waals surface area contributed by atoms with Crippen LogP contribution in [0.3, 0.4) is 0 Å². The molecule has 11 nitrogen and oxygen atoms in total. The Morgan fingerprint density at radius 1 is 1.04 bits per heavy atom. The van der Waals surface area contributed by atoms with Crippen LogP contribution in [0.1, 0.15) is 131 Å². The van der Waals surface area contributed by atoms with E-state index in [1.807, 2.05) is 10.7 Å². The second kappa shape index (κ2) is 13.4. The summed E-state index contributed by atoms with van der Waals surface area (Å²) in [6, 6.07) is 3.23. The smallest absolute Gasteiger partial charge is 0.307 e. The Balaban J connectivity index is 1.40. The number of carbonyl (C=O) groups is 2. The van der Waals surface area contributed by atoms with Crippen LogP contribution in [0.2, 0.25) is 0 Å². The first-order chi connectivity index (χ1) is 26.0. The van der Waals surface area contributed by atoms with Gasteiger partial charge in [-0.25, -0.2) is 9.67 Å². The quantitative estimate of drug-likeness (QED) is 0.216. The van der Waals surface area contributed by atoms with Gasteiger partial charge < -0.3 is 26.0 Å². The predicted octanol–water partition coefficient (Wildman–Crippen LogP) is 7.72. The summed E-state index contributed by atoms with van der Waals surface area (Å²) in [5.41, 5.74) is 12.4. The van der Waals surface area contributed by atoms with Crippen molar-refractivity contribution in [1.82, 2.24) is 19.7 Å². The number of aromatic nitrogens is 4. The Morgan fingerprint density at radius 2 is 1.75 bits per heavy atom.